The van der Waals surface area contributed by atoms with Gasteiger partial charge in [0.25, 0.3) is 0 Å². The average molecular weight is 372 g/mol. The summed E-state index contributed by atoms with van der Waals surface area (Å²) in [6.45, 7) is 0. The van der Waals surface area contributed by atoms with Crippen molar-refractivity contribution < 1.29 is 5.11 Å². The fourth-order valence-electron chi connectivity index (χ4n) is 2.98. The second-order valence-corrected chi connectivity index (χ2v) is 7.63. The summed E-state index contributed by atoms with van der Waals surface area (Å²) in [7, 11) is 0. The Bertz CT molecular complexity index is 610. The molecule has 2 aromatic rings. The SMILES string of the molecule is OC(Cc1ccc(Br)cc1Cl)C1CCCc2sccc21. The topological polar surface area (TPSA) is 20.2 Å². The van der Waals surface area contributed by atoms with Crippen molar-refractivity contribution >= 4 is 38.9 Å². The van der Waals surface area contributed by atoms with Gasteiger partial charge in [-0.15, -0.1) is 11.3 Å². The zero-order chi connectivity index (χ0) is 14.1. The van der Waals surface area contributed by atoms with E-state index in [4.69, 9.17) is 11.6 Å². The first-order valence-electron chi connectivity index (χ1n) is 6.83. The number of fused-ring (bicyclic) bond motifs is 1. The molecule has 0 amide bonds. The van der Waals surface area contributed by atoms with Crippen LogP contribution in [0.5, 0.6) is 0 Å². The molecule has 0 saturated heterocycles. The first kappa shape index (κ1) is 14.6. The molecule has 0 saturated carbocycles. The van der Waals surface area contributed by atoms with Gasteiger partial charge in [-0.25, -0.2) is 0 Å². The van der Waals surface area contributed by atoms with Crippen LogP contribution in [0.1, 0.15) is 34.8 Å². The van der Waals surface area contributed by atoms with E-state index >= 15 is 0 Å². The van der Waals surface area contributed by atoms with Crippen molar-refractivity contribution in [1.29, 1.82) is 0 Å². The Morgan fingerprint density at radius 1 is 1.40 bits per heavy atom. The van der Waals surface area contributed by atoms with Crippen LogP contribution >= 0.6 is 38.9 Å². The van der Waals surface area contributed by atoms with E-state index in [0.29, 0.717) is 6.42 Å². The third kappa shape index (κ3) is 2.96. The molecule has 1 heterocycles. The third-order valence-electron chi connectivity index (χ3n) is 4.01. The highest BCUT2D eigenvalue weighted by molar-refractivity contribution is 9.10. The van der Waals surface area contributed by atoms with Gasteiger partial charge in [0.2, 0.25) is 0 Å². The number of thiophene rings is 1. The fourth-order valence-corrected chi connectivity index (χ4v) is 4.72. The summed E-state index contributed by atoms with van der Waals surface area (Å²) in [6, 6.07) is 8.04. The minimum Gasteiger partial charge on any atom is -0.392 e. The standard InChI is InChI=1S/C16H16BrClOS/c17-11-5-4-10(14(18)9-11)8-15(19)12-2-1-3-16-13(12)6-7-20-16/h4-7,9,12,15,19H,1-3,8H2. The van der Waals surface area contributed by atoms with Gasteiger partial charge in [-0.2, -0.15) is 0 Å². The van der Waals surface area contributed by atoms with E-state index in [0.717, 1.165) is 27.9 Å². The lowest BCUT2D eigenvalue weighted by molar-refractivity contribution is 0.135. The summed E-state index contributed by atoms with van der Waals surface area (Å²) in [5.74, 6) is 0.254. The van der Waals surface area contributed by atoms with Crippen molar-refractivity contribution in [3.05, 3.63) is 55.1 Å². The lowest BCUT2D eigenvalue weighted by Crippen LogP contribution is -2.24. The molecule has 0 fully saturated rings. The second-order valence-electron chi connectivity index (χ2n) is 5.31. The normalized spacial score (nSPS) is 19.6. The maximum atomic E-state index is 10.6. The van der Waals surface area contributed by atoms with Gasteiger partial charge in [0, 0.05) is 26.7 Å². The summed E-state index contributed by atoms with van der Waals surface area (Å²) in [6.07, 6.45) is 3.66. The molecular formula is C16H16BrClOS. The average Bonchev–Trinajstić information content (AvgIpc) is 2.90. The highest BCUT2D eigenvalue weighted by Gasteiger charge is 2.27. The van der Waals surface area contributed by atoms with Crippen LogP contribution < -0.4 is 0 Å². The number of halogens is 2. The van der Waals surface area contributed by atoms with E-state index in [9.17, 15) is 5.11 Å². The van der Waals surface area contributed by atoms with Gasteiger partial charge in [-0.1, -0.05) is 33.6 Å². The van der Waals surface area contributed by atoms with E-state index in [1.807, 2.05) is 29.5 Å². The number of hydrogen-bond acceptors (Lipinski definition) is 2. The Labute approximate surface area is 136 Å². The van der Waals surface area contributed by atoms with Gasteiger partial charge in [0.05, 0.1) is 6.10 Å². The molecule has 20 heavy (non-hydrogen) atoms. The van der Waals surface area contributed by atoms with E-state index in [2.05, 4.69) is 27.4 Å². The summed E-state index contributed by atoms with van der Waals surface area (Å²) in [5, 5.41) is 13.5. The molecule has 1 aliphatic carbocycles. The van der Waals surface area contributed by atoms with Crippen LogP contribution in [0.4, 0.5) is 0 Å². The highest BCUT2D eigenvalue weighted by atomic mass is 79.9. The number of rotatable bonds is 3. The number of aliphatic hydroxyl groups is 1. The van der Waals surface area contributed by atoms with Crippen molar-refractivity contribution in [2.24, 2.45) is 0 Å². The van der Waals surface area contributed by atoms with E-state index in [1.165, 1.54) is 16.9 Å². The molecule has 0 bridgehead atoms. The Kier molecular flexibility index (Phi) is 4.51. The van der Waals surface area contributed by atoms with Crippen LogP contribution in [0.3, 0.4) is 0 Å². The second kappa shape index (κ2) is 6.18. The summed E-state index contributed by atoms with van der Waals surface area (Å²) in [4.78, 5) is 1.45. The predicted octanol–water partition coefficient (Wildman–Crippen LogP) is 5.19. The molecule has 1 nitrogen and oxygen atoms in total. The fraction of sp³-hybridized carbons (Fsp3) is 0.375. The molecule has 106 valence electrons. The van der Waals surface area contributed by atoms with Gasteiger partial charge >= 0.3 is 0 Å². The molecule has 0 aliphatic heterocycles. The number of aliphatic hydroxyl groups excluding tert-OH is 1. The van der Waals surface area contributed by atoms with Crippen molar-refractivity contribution in [2.45, 2.75) is 37.7 Å². The monoisotopic (exact) mass is 370 g/mol. The van der Waals surface area contributed by atoms with E-state index in [-0.39, 0.29) is 12.0 Å². The van der Waals surface area contributed by atoms with Crippen LogP contribution in [0.15, 0.2) is 34.1 Å². The molecule has 0 radical (unpaired) electrons. The molecular weight excluding hydrogens is 356 g/mol. The number of hydrogen-bond donors (Lipinski definition) is 1. The maximum Gasteiger partial charge on any atom is 0.0649 e. The van der Waals surface area contributed by atoms with Crippen molar-refractivity contribution in [1.82, 2.24) is 0 Å². The summed E-state index contributed by atoms with van der Waals surface area (Å²) < 4.78 is 0.971. The zero-order valence-electron chi connectivity index (χ0n) is 11.0. The van der Waals surface area contributed by atoms with Crippen molar-refractivity contribution in [3.63, 3.8) is 0 Å². The third-order valence-corrected chi connectivity index (χ3v) is 5.85. The summed E-state index contributed by atoms with van der Waals surface area (Å²) in [5.41, 5.74) is 2.37. The molecule has 2 atom stereocenters. The van der Waals surface area contributed by atoms with Crippen LogP contribution in [0, 0.1) is 0 Å². The Morgan fingerprint density at radius 3 is 3.05 bits per heavy atom. The van der Waals surface area contributed by atoms with Crippen LogP contribution in [-0.2, 0) is 12.8 Å². The van der Waals surface area contributed by atoms with E-state index in [1.54, 1.807) is 0 Å². The van der Waals surface area contributed by atoms with Crippen LogP contribution in [-0.4, -0.2) is 11.2 Å². The van der Waals surface area contributed by atoms with Gasteiger partial charge in [-0.3, -0.25) is 0 Å². The highest BCUT2D eigenvalue weighted by Crippen LogP contribution is 2.38. The Balaban J connectivity index is 1.79. The molecule has 1 aromatic carbocycles. The molecule has 3 rings (SSSR count). The van der Waals surface area contributed by atoms with Crippen LogP contribution in [0.25, 0.3) is 0 Å². The zero-order valence-corrected chi connectivity index (χ0v) is 14.1. The summed E-state index contributed by atoms with van der Waals surface area (Å²) >= 11 is 11.5. The first-order valence-corrected chi connectivity index (χ1v) is 8.88. The Morgan fingerprint density at radius 2 is 2.25 bits per heavy atom. The maximum absolute atomic E-state index is 10.6. The molecule has 4 heteroatoms. The predicted molar refractivity (Wildman–Crippen MR) is 88.9 cm³/mol. The van der Waals surface area contributed by atoms with Gasteiger partial charge < -0.3 is 5.11 Å². The van der Waals surface area contributed by atoms with Gasteiger partial charge in [-0.05, 0) is 54.0 Å². The molecule has 1 aliphatic rings. The van der Waals surface area contributed by atoms with Gasteiger partial charge in [0.1, 0.15) is 0 Å². The molecule has 0 spiro atoms. The minimum atomic E-state index is -0.359. The quantitative estimate of drug-likeness (QED) is 0.787. The largest absolute Gasteiger partial charge is 0.392 e. The molecule has 1 N–H and O–H groups in total. The number of benzene rings is 1. The molecule has 2 unspecified atom stereocenters. The van der Waals surface area contributed by atoms with Crippen molar-refractivity contribution in [3.8, 4) is 0 Å². The van der Waals surface area contributed by atoms with E-state index < -0.39 is 0 Å². The Hall–Kier alpha value is -0.350. The van der Waals surface area contributed by atoms with Gasteiger partial charge in [0.15, 0.2) is 0 Å². The minimum absolute atomic E-state index is 0.254. The lowest BCUT2D eigenvalue weighted by Gasteiger charge is -2.27. The van der Waals surface area contributed by atoms with Crippen molar-refractivity contribution in [2.75, 3.05) is 0 Å². The first-order chi connectivity index (χ1) is 9.65. The number of aryl methyl sites for hydroxylation is 1. The smallest absolute Gasteiger partial charge is 0.0649 e. The molecule has 1 aromatic heterocycles. The van der Waals surface area contributed by atoms with Crippen LogP contribution in [0.2, 0.25) is 5.02 Å². The lowest BCUT2D eigenvalue weighted by atomic mass is 9.82.